The Bertz CT molecular complexity index is 692. The Morgan fingerprint density at radius 1 is 1.04 bits per heavy atom. The summed E-state index contributed by atoms with van der Waals surface area (Å²) >= 11 is 0. The molecule has 0 spiro atoms. The average Bonchev–Trinajstić information content (AvgIpc) is 2.57. The highest BCUT2D eigenvalue weighted by molar-refractivity contribution is 5.99. The van der Waals surface area contributed by atoms with E-state index in [2.05, 4.69) is 67.4 Å². The predicted molar refractivity (Wildman–Crippen MR) is 94.8 cm³/mol. The predicted octanol–water partition coefficient (Wildman–Crippen LogP) is 3.79. The molecule has 2 aromatic carbocycles. The molecule has 0 unspecified atom stereocenters. The van der Waals surface area contributed by atoms with Gasteiger partial charge < -0.3 is 5.32 Å². The maximum Gasteiger partial charge on any atom is 0.242 e. The van der Waals surface area contributed by atoms with Crippen LogP contribution in [0.25, 0.3) is 0 Å². The molecule has 2 atom stereocenters. The lowest BCUT2D eigenvalue weighted by Crippen LogP contribution is -2.50. The highest BCUT2D eigenvalue weighted by Gasteiger charge is 2.39. The molecule has 0 aliphatic carbocycles. The zero-order chi connectivity index (χ0) is 16.4. The first-order chi connectivity index (χ1) is 11.2. The smallest absolute Gasteiger partial charge is 0.242 e. The Hall–Kier alpha value is -2.13. The molecule has 0 radical (unpaired) electrons. The van der Waals surface area contributed by atoms with E-state index < -0.39 is 0 Å². The average molecular weight is 308 g/mol. The van der Waals surface area contributed by atoms with E-state index in [1.807, 2.05) is 12.1 Å². The van der Waals surface area contributed by atoms with Gasteiger partial charge in [-0.25, -0.2) is 0 Å². The van der Waals surface area contributed by atoms with Gasteiger partial charge in [-0.05, 0) is 37.2 Å². The lowest BCUT2D eigenvalue weighted by molar-refractivity contribution is -0.122. The van der Waals surface area contributed by atoms with E-state index in [-0.39, 0.29) is 17.9 Å². The third-order valence-corrected chi connectivity index (χ3v) is 4.75. The van der Waals surface area contributed by atoms with Crippen LogP contribution in [0.1, 0.15) is 36.5 Å². The summed E-state index contributed by atoms with van der Waals surface area (Å²) in [5, 5.41) is 3.11. The number of aryl methyl sites for hydroxylation is 1. The van der Waals surface area contributed by atoms with Crippen LogP contribution in [0.2, 0.25) is 0 Å². The molecule has 1 amide bonds. The molecule has 0 bridgehead atoms. The number of fused-ring (bicyclic) bond motifs is 1. The minimum atomic E-state index is -0.165. The zero-order valence-electron chi connectivity index (χ0n) is 14.0. The number of rotatable bonds is 4. The molecule has 0 saturated carbocycles. The summed E-state index contributed by atoms with van der Waals surface area (Å²) in [6, 6.07) is 16.5. The van der Waals surface area contributed by atoms with Crippen molar-refractivity contribution >= 4 is 11.6 Å². The van der Waals surface area contributed by atoms with E-state index in [0.29, 0.717) is 0 Å². The molecule has 3 rings (SSSR count). The van der Waals surface area contributed by atoms with Crippen LogP contribution in [0.3, 0.4) is 0 Å². The first-order valence-corrected chi connectivity index (χ1v) is 8.36. The molecule has 0 fully saturated rings. The van der Waals surface area contributed by atoms with Crippen LogP contribution in [-0.4, -0.2) is 29.9 Å². The zero-order valence-corrected chi connectivity index (χ0v) is 14.0. The van der Waals surface area contributed by atoms with E-state index >= 15 is 0 Å². The lowest BCUT2D eigenvalue weighted by Gasteiger charge is -2.39. The van der Waals surface area contributed by atoms with Crippen molar-refractivity contribution in [3.05, 3.63) is 65.2 Å². The molecule has 0 aromatic heterocycles. The quantitative estimate of drug-likeness (QED) is 0.932. The van der Waals surface area contributed by atoms with Crippen molar-refractivity contribution in [1.82, 2.24) is 4.90 Å². The summed E-state index contributed by atoms with van der Waals surface area (Å²) in [5.41, 5.74) is 4.58. The maximum absolute atomic E-state index is 12.8. The van der Waals surface area contributed by atoms with Crippen LogP contribution in [0.5, 0.6) is 0 Å². The fourth-order valence-corrected chi connectivity index (χ4v) is 3.60. The number of carbonyl (C=O) groups excluding carboxylic acids is 1. The van der Waals surface area contributed by atoms with Crippen LogP contribution < -0.4 is 5.32 Å². The van der Waals surface area contributed by atoms with Gasteiger partial charge in [0.05, 0.1) is 0 Å². The van der Waals surface area contributed by atoms with E-state index in [0.717, 1.165) is 18.8 Å². The second kappa shape index (κ2) is 6.55. The largest absolute Gasteiger partial charge is 0.324 e. The molecule has 1 aliphatic heterocycles. The van der Waals surface area contributed by atoms with E-state index in [4.69, 9.17) is 0 Å². The number of hydrogen-bond donors (Lipinski definition) is 1. The number of nitrogens with one attached hydrogen (secondary N) is 1. The van der Waals surface area contributed by atoms with Gasteiger partial charge in [0, 0.05) is 11.6 Å². The second-order valence-corrected chi connectivity index (χ2v) is 6.13. The van der Waals surface area contributed by atoms with Crippen LogP contribution in [0.4, 0.5) is 5.69 Å². The number of anilines is 1. The molecule has 120 valence electrons. The van der Waals surface area contributed by atoms with Gasteiger partial charge in [-0.2, -0.15) is 0 Å². The highest BCUT2D eigenvalue weighted by atomic mass is 16.2. The standard InChI is InChI=1S/C20H24N2O/c1-4-22(5-2)19-18(15-9-7-6-8-10-15)16-13-14(3)11-12-17(16)21-20(19)23/h6-13,18-19H,4-5H2,1-3H3,(H,21,23)/t18-,19+/m1/s1. The fourth-order valence-electron chi connectivity index (χ4n) is 3.60. The Morgan fingerprint density at radius 2 is 1.74 bits per heavy atom. The minimum Gasteiger partial charge on any atom is -0.324 e. The molecule has 0 saturated heterocycles. The number of carbonyl (C=O) groups is 1. The van der Waals surface area contributed by atoms with E-state index in [1.54, 1.807) is 0 Å². The van der Waals surface area contributed by atoms with Gasteiger partial charge >= 0.3 is 0 Å². The third-order valence-electron chi connectivity index (χ3n) is 4.75. The number of benzene rings is 2. The summed E-state index contributed by atoms with van der Waals surface area (Å²) < 4.78 is 0. The Labute approximate surface area is 138 Å². The lowest BCUT2D eigenvalue weighted by atomic mass is 9.80. The van der Waals surface area contributed by atoms with Gasteiger partial charge in [0.1, 0.15) is 6.04 Å². The Kier molecular flexibility index (Phi) is 4.49. The van der Waals surface area contributed by atoms with Gasteiger partial charge in [-0.3, -0.25) is 9.69 Å². The topological polar surface area (TPSA) is 32.3 Å². The first kappa shape index (κ1) is 15.8. The van der Waals surface area contributed by atoms with Crippen molar-refractivity contribution in [1.29, 1.82) is 0 Å². The second-order valence-electron chi connectivity index (χ2n) is 6.13. The van der Waals surface area contributed by atoms with Crippen molar-refractivity contribution in [2.45, 2.75) is 32.7 Å². The highest BCUT2D eigenvalue weighted by Crippen LogP contribution is 2.39. The minimum absolute atomic E-state index is 0.0692. The number of likely N-dealkylation sites (N-methyl/N-ethyl adjacent to an activating group) is 1. The van der Waals surface area contributed by atoms with Crippen molar-refractivity contribution < 1.29 is 4.79 Å². The molecular formula is C20H24N2O. The molecule has 1 aliphatic rings. The molecule has 1 heterocycles. The Balaban J connectivity index is 2.17. The van der Waals surface area contributed by atoms with E-state index in [1.165, 1.54) is 16.7 Å². The summed E-state index contributed by atoms with van der Waals surface area (Å²) in [6.07, 6.45) is 0. The van der Waals surface area contributed by atoms with Crippen LogP contribution in [-0.2, 0) is 4.79 Å². The molecule has 23 heavy (non-hydrogen) atoms. The number of hydrogen-bond acceptors (Lipinski definition) is 2. The van der Waals surface area contributed by atoms with Gasteiger partial charge in [0.2, 0.25) is 5.91 Å². The van der Waals surface area contributed by atoms with Gasteiger partial charge in [-0.15, -0.1) is 0 Å². The van der Waals surface area contributed by atoms with Gasteiger partial charge in [0.25, 0.3) is 0 Å². The molecule has 1 N–H and O–H groups in total. The monoisotopic (exact) mass is 308 g/mol. The van der Waals surface area contributed by atoms with Crippen molar-refractivity contribution in [3.63, 3.8) is 0 Å². The van der Waals surface area contributed by atoms with Crippen molar-refractivity contribution in [2.75, 3.05) is 18.4 Å². The molecule has 2 aromatic rings. The normalized spacial score (nSPS) is 20.3. The Morgan fingerprint density at radius 3 is 2.39 bits per heavy atom. The summed E-state index contributed by atoms with van der Waals surface area (Å²) in [6.45, 7) is 8.05. The van der Waals surface area contributed by atoms with Gasteiger partial charge in [0.15, 0.2) is 0 Å². The number of nitrogens with zero attached hydrogens (tertiary/aromatic N) is 1. The maximum atomic E-state index is 12.8. The van der Waals surface area contributed by atoms with Crippen molar-refractivity contribution in [2.24, 2.45) is 0 Å². The fraction of sp³-hybridized carbons (Fsp3) is 0.350. The summed E-state index contributed by atoms with van der Waals surface area (Å²) in [7, 11) is 0. The summed E-state index contributed by atoms with van der Waals surface area (Å²) in [5.74, 6) is 0.165. The van der Waals surface area contributed by atoms with Crippen molar-refractivity contribution in [3.8, 4) is 0 Å². The third kappa shape index (κ3) is 2.89. The molecular weight excluding hydrogens is 284 g/mol. The molecule has 3 nitrogen and oxygen atoms in total. The first-order valence-electron chi connectivity index (χ1n) is 8.36. The SMILES string of the molecule is CCN(CC)[C@@H]1C(=O)Nc2ccc(C)cc2[C@H]1c1ccccc1. The van der Waals surface area contributed by atoms with Gasteiger partial charge in [-0.1, -0.05) is 61.9 Å². The van der Waals surface area contributed by atoms with E-state index in [9.17, 15) is 4.79 Å². The summed E-state index contributed by atoms with van der Waals surface area (Å²) in [4.78, 5) is 15.1. The molecule has 3 heteroatoms. The van der Waals surface area contributed by atoms with Crippen LogP contribution >= 0.6 is 0 Å². The number of amides is 1. The van der Waals surface area contributed by atoms with Crippen LogP contribution in [0.15, 0.2) is 48.5 Å². The van der Waals surface area contributed by atoms with Crippen LogP contribution in [0, 0.1) is 6.92 Å².